The van der Waals surface area contributed by atoms with E-state index in [1.165, 1.54) is 18.0 Å². The van der Waals surface area contributed by atoms with Gasteiger partial charge < -0.3 is 18.9 Å². The van der Waals surface area contributed by atoms with Crippen molar-refractivity contribution in [3.05, 3.63) is 71.7 Å². The van der Waals surface area contributed by atoms with Gasteiger partial charge in [0, 0.05) is 17.5 Å². The van der Waals surface area contributed by atoms with Gasteiger partial charge in [-0.15, -0.1) is 5.10 Å². The van der Waals surface area contributed by atoms with Crippen LogP contribution in [0.3, 0.4) is 0 Å². The van der Waals surface area contributed by atoms with Crippen molar-refractivity contribution in [2.45, 2.75) is 37.1 Å². The van der Waals surface area contributed by atoms with Gasteiger partial charge in [-0.3, -0.25) is 0 Å². The van der Waals surface area contributed by atoms with Crippen LogP contribution in [0.15, 0.2) is 48.7 Å². The number of nitrogens with zero attached hydrogens (tertiary/aromatic N) is 3. The molecule has 0 aliphatic carbocycles. The van der Waals surface area contributed by atoms with Crippen LogP contribution in [0, 0.1) is 17.5 Å². The van der Waals surface area contributed by atoms with Crippen LogP contribution in [0.1, 0.15) is 24.3 Å². The fourth-order valence-corrected chi connectivity index (χ4v) is 4.22. The highest BCUT2D eigenvalue weighted by atomic mass is 19.2. The summed E-state index contributed by atoms with van der Waals surface area (Å²) in [5.41, 5.74) is 0.958. The number of benzene rings is 2. The van der Waals surface area contributed by atoms with E-state index in [-0.39, 0.29) is 24.3 Å². The van der Waals surface area contributed by atoms with Gasteiger partial charge >= 0.3 is 5.97 Å². The third-order valence-corrected chi connectivity index (χ3v) is 5.90. The molecule has 34 heavy (non-hydrogen) atoms. The lowest BCUT2D eigenvalue weighted by atomic mass is 9.94. The average molecular weight is 475 g/mol. The number of rotatable bonds is 4. The van der Waals surface area contributed by atoms with Gasteiger partial charge in [-0.1, -0.05) is 35.5 Å². The van der Waals surface area contributed by atoms with E-state index in [1.807, 2.05) is 30.3 Å². The van der Waals surface area contributed by atoms with Gasteiger partial charge in [-0.05, 0) is 12.1 Å². The Labute approximate surface area is 192 Å². The standard InChI is InChI=1S/C23H20F3N3O5/c1-31-22(30)18-9-17(21-19(33-18)11-32-23(34-21)12-5-3-2-4-6-12)29-10-16(27-28-29)13-7-14(24)20(26)15(25)8-13/h2-8,10,17-19,21,23H,9,11H2,1H3/t17-,18-,19-,21-,23+/m1/s1. The van der Waals surface area contributed by atoms with Gasteiger partial charge in [-0.2, -0.15) is 0 Å². The summed E-state index contributed by atoms with van der Waals surface area (Å²) >= 11 is 0. The Kier molecular flexibility index (Phi) is 6.07. The van der Waals surface area contributed by atoms with Gasteiger partial charge in [0.25, 0.3) is 0 Å². The average Bonchev–Trinajstić information content (AvgIpc) is 3.36. The number of carbonyl (C=O) groups excluding carboxylic acids is 1. The third-order valence-electron chi connectivity index (χ3n) is 5.90. The van der Waals surface area contributed by atoms with Crippen LogP contribution in [-0.2, 0) is 23.7 Å². The van der Waals surface area contributed by atoms with Gasteiger partial charge in [0.1, 0.15) is 17.9 Å². The zero-order valence-corrected chi connectivity index (χ0v) is 17.9. The summed E-state index contributed by atoms with van der Waals surface area (Å²) in [6, 6.07) is 10.5. The minimum absolute atomic E-state index is 0.0193. The van der Waals surface area contributed by atoms with Gasteiger partial charge in [0.15, 0.2) is 29.8 Å². The molecule has 3 aromatic rings. The number of halogens is 3. The molecular formula is C23H20F3N3O5. The monoisotopic (exact) mass is 475 g/mol. The first-order chi connectivity index (χ1) is 16.4. The first-order valence-corrected chi connectivity index (χ1v) is 10.6. The number of aromatic nitrogens is 3. The van der Waals surface area contributed by atoms with Crippen molar-refractivity contribution in [3.8, 4) is 11.3 Å². The van der Waals surface area contributed by atoms with Crippen molar-refractivity contribution in [3.63, 3.8) is 0 Å². The highest BCUT2D eigenvalue weighted by molar-refractivity contribution is 5.74. The Morgan fingerprint density at radius 2 is 1.85 bits per heavy atom. The quantitative estimate of drug-likeness (QED) is 0.423. The van der Waals surface area contributed by atoms with Crippen LogP contribution in [0.25, 0.3) is 11.3 Å². The smallest absolute Gasteiger partial charge is 0.335 e. The Morgan fingerprint density at radius 3 is 2.56 bits per heavy atom. The van der Waals surface area contributed by atoms with Crippen molar-refractivity contribution in [1.29, 1.82) is 0 Å². The van der Waals surface area contributed by atoms with E-state index >= 15 is 0 Å². The molecule has 2 saturated heterocycles. The van der Waals surface area contributed by atoms with Gasteiger partial charge in [-0.25, -0.2) is 22.6 Å². The predicted molar refractivity (Wildman–Crippen MR) is 110 cm³/mol. The maximum atomic E-state index is 13.7. The molecule has 0 N–H and O–H groups in total. The van der Waals surface area contributed by atoms with Gasteiger partial charge in [0.05, 0.1) is 26.0 Å². The second-order valence-corrected chi connectivity index (χ2v) is 8.00. The molecular weight excluding hydrogens is 455 g/mol. The second kappa shape index (κ2) is 9.16. The number of hydrogen-bond acceptors (Lipinski definition) is 7. The Morgan fingerprint density at radius 1 is 1.12 bits per heavy atom. The number of ether oxygens (including phenoxy) is 4. The van der Waals surface area contributed by atoms with Gasteiger partial charge in [0.2, 0.25) is 0 Å². The molecule has 2 fully saturated rings. The van der Waals surface area contributed by atoms with Crippen molar-refractivity contribution >= 4 is 5.97 Å². The molecule has 11 heteroatoms. The summed E-state index contributed by atoms with van der Waals surface area (Å²) in [6.45, 7) is 0.157. The normalized spacial score (nSPS) is 26.6. The summed E-state index contributed by atoms with van der Waals surface area (Å²) < 4.78 is 65.0. The van der Waals surface area contributed by atoms with E-state index in [1.54, 1.807) is 0 Å². The number of carbonyl (C=O) groups is 1. The molecule has 5 atom stereocenters. The van der Waals surface area contributed by atoms with E-state index in [4.69, 9.17) is 18.9 Å². The van der Waals surface area contributed by atoms with Crippen LogP contribution in [-0.4, -0.2) is 53.0 Å². The summed E-state index contributed by atoms with van der Waals surface area (Å²) in [6.07, 6.45) is -1.11. The molecule has 178 valence electrons. The minimum Gasteiger partial charge on any atom is -0.467 e. The van der Waals surface area contributed by atoms with Crippen LogP contribution in [0.5, 0.6) is 0 Å². The topological polar surface area (TPSA) is 84.7 Å². The number of fused-ring (bicyclic) bond motifs is 1. The Balaban J connectivity index is 1.46. The third kappa shape index (κ3) is 4.17. The fourth-order valence-electron chi connectivity index (χ4n) is 4.22. The lowest BCUT2D eigenvalue weighted by Gasteiger charge is -2.45. The lowest BCUT2D eigenvalue weighted by molar-refractivity contribution is -0.298. The Bertz CT molecular complexity index is 1170. The molecule has 2 aliphatic rings. The molecule has 1 aromatic heterocycles. The van der Waals surface area contributed by atoms with Crippen molar-refractivity contribution in [2.75, 3.05) is 13.7 Å². The maximum absolute atomic E-state index is 13.7. The largest absolute Gasteiger partial charge is 0.467 e. The minimum atomic E-state index is -1.56. The SMILES string of the molecule is COC(=O)[C@H]1C[C@@H](n2cc(-c3cc(F)c(F)c(F)c3)nn2)[C@H]2O[C@@H](c3ccccc3)OC[C@H]2O1. The van der Waals surface area contributed by atoms with E-state index in [0.29, 0.717) is 0 Å². The van der Waals surface area contributed by atoms with E-state index in [0.717, 1.165) is 17.7 Å². The van der Waals surface area contributed by atoms with Crippen LogP contribution >= 0.6 is 0 Å². The molecule has 0 saturated carbocycles. The summed E-state index contributed by atoms with van der Waals surface area (Å²) in [7, 11) is 1.26. The lowest BCUT2D eigenvalue weighted by Crippen LogP contribution is -2.54. The predicted octanol–water partition coefficient (Wildman–Crippen LogP) is 3.35. The molecule has 2 aromatic carbocycles. The zero-order chi connectivity index (χ0) is 23.8. The molecule has 2 aliphatic heterocycles. The van der Waals surface area contributed by atoms with Crippen LogP contribution in [0.2, 0.25) is 0 Å². The van der Waals surface area contributed by atoms with E-state index in [2.05, 4.69) is 10.3 Å². The highest BCUT2D eigenvalue weighted by Gasteiger charge is 2.47. The molecule has 8 nitrogen and oxygen atoms in total. The summed E-state index contributed by atoms with van der Waals surface area (Å²) in [4.78, 5) is 12.2. The Hall–Kier alpha value is -3.28. The molecule has 0 unspecified atom stereocenters. The maximum Gasteiger partial charge on any atom is 0.335 e. The van der Waals surface area contributed by atoms with Crippen molar-refractivity contribution < 1.29 is 36.9 Å². The highest BCUT2D eigenvalue weighted by Crippen LogP contribution is 2.39. The van der Waals surface area contributed by atoms with Crippen molar-refractivity contribution in [1.82, 2.24) is 15.0 Å². The first kappa shape index (κ1) is 22.5. The fraction of sp³-hybridized carbons (Fsp3) is 0.348. The zero-order valence-electron chi connectivity index (χ0n) is 17.9. The molecule has 0 bridgehead atoms. The molecule has 0 radical (unpaired) electrons. The van der Waals surface area contributed by atoms with E-state index < -0.39 is 54.1 Å². The molecule has 5 rings (SSSR count). The summed E-state index contributed by atoms with van der Waals surface area (Å²) in [5, 5.41) is 8.10. The number of hydrogen-bond donors (Lipinski definition) is 0. The molecule has 0 amide bonds. The summed E-state index contributed by atoms with van der Waals surface area (Å²) in [5.74, 6) is -4.79. The van der Waals surface area contributed by atoms with Crippen molar-refractivity contribution in [2.24, 2.45) is 0 Å². The molecule has 3 heterocycles. The van der Waals surface area contributed by atoms with E-state index in [9.17, 15) is 18.0 Å². The molecule has 0 spiro atoms. The van der Waals surface area contributed by atoms with Crippen LogP contribution < -0.4 is 0 Å². The number of methoxy groups -OCH3 is 1. The van der Waals surface area contributed by atoms with Crippen LogP contribution in [0.4, 0.5) is 13.2 Å². The first-order valence-electron chi connectivity index (χ1n) is 10.6. The second-order valence-electron chi connectivity index (χ2n) is 8.00. The number of esters is 1.